The summed E-state index contributed by atoms with van der Waals surface area (Å²) in [4.78, 5) is 16.0. The van der Waals surface area contributed by atoms with Crippen LogP contribution in [0.5, 0.6) is 0 Å². The Morgan fingerprint density at radius 1 is 1.35 bits per heavy atom. The van der Waals surface area contributed by atoms with Crippen molar-refractivity contribution in [2.75, 3.05) is 33.2 Å². The summed E-state index contributed by atoms with van der Waals surface area (Å²) < 4.78 is 0.505. The molecule has 2 rings (SSSR count). The second-order valence-corrected chi connectivity index (χ2v) is 4.55. The molecule has 17 heavy (non-hydrogen) atoms. The third kappa shape index (κ3) is 2.68. The highest BCUT2D eigenvalue weighted by atomic mass is 35.5. The van der Waals surface area contributed by atoms with Gasteiger partial charge in [-0.2, -0.15) is 4.73 Å². The van der Waals surface area contributed by atoms with Crippen molar-refractivity contribution < 1.29 is 9.52 Å². The molecule has 1 saturated heterocycles. The molecule has 0 spiro atoms. The predicted octanol–water partition coefficient (Wildman–Crippen LogP) is 0.361. The van der Waals surface area contributed by atoms with E-state index in [1.165, 1.54) is 12.3 Å². The largest absolute Gasteiger partial charge is 0.618 e. The van der Waals surface area contributed by atoms with Crippen LogP contribution in [0.2, 0.25) is 5.15 Å². The van der Waals surface area contributed by atoms with Gasteiger partial charge in [0.1, 0.15) is 5.56 Å². The fourth-order valence-electron chi connectivity index (χ4n) is 1.78. The van der Waals surface area contributed by atoms with E-state index in [2.05, 4.69) is 4.90 Å². The number of halogens is 1. The number of amides is 1. The monoisotopic (exact) mass is 255 g/mol. The number of carbonyl (C=O) groups is 1. The molecule has 1 aromatic heterocycles. The quantitative estimate of drug-likeness (QED) is 0.414. The molecule has 2 heterocycles. The molecule has 0 N–H and O–H groups in total. The SMILES string of the molecule is CN1CCN(C(=O)c2ccc(Cl)[n+]([O-])c2)CC1. The predicted molar refractivity (Wildman–Crippen MR) is 63.8 cm³/mol. The summed E-state index contributed by atoms with van der Waals surface area (Å²) in [6, 6.07) is 3.02. The van der Waals surface area contributed by atoms with Crippen LogP contribution in [0.25, 0.3) is 0 Å². The fraction of sp³-hybridized carbons (Fsp3) is 0.455. The summed E-state index contributed by atoms with van der Waals surface area (Å²) >= 11 is 5.61. The van der Waals surface area contributed by atoms with E-state index in [0.717, 1.165) is 13.1 Å². The molecule has 0 unspecified atom stereocenters. The minimum Gasteiger partial charge on any atom is -0.618 e. The standard InChI is InChI=1S/C11H14ClN3O2/c1-13-4-6-14(7-5-13)11(16)9-2-3-10(12)15(17)8-9/h2-3,8H,4-7H2,1H3. The van der Waals surface area contributed by atoms with E-state index in [4.69, 9.17) is 11.6 Å². The van der Waals surface area contributed by atoms with Crippen molar-refractivity contribution in [1.82, 2.24) is 9.80 Å². The number of nitrogens with zero attached hydrogens (tertiary/aromatic N) is 3. The molecule has 92 valence electrons. The van der Waals surface area contributed by atoms with Gasteiger partial charge in [-0.25, -0.2) is 0 Å². The average molecular weight is 256 g/mol. The maximum absolute atomic E-state index is 12.1. The minimum atomic E-state index is -0.112. The van der Waals surface area contributed by atoms with Gasteiger partial charge < -0.3 is 15.0 Å². The van der Waals surface area contributed by atoms with Gasteiger partial charge in [0.25, 0.3) is 11.1 Å². The van der Waals surface area contributed by atoms with Gasteiger partial charge in [0, 0.05) is 32.2 Å². The first-order valence-corrected chi connectivity index (χ1v) is 5.82. The average Bonchev–Trinajstić information content (AvgIpc) is 2.33. The van der Waals surface area contributed by atoms with E-state index < -0.39 is 0 Å². The van der Waals surface area contributed by atoms with Gasteiger partial charge in [-0.1, -0.05) is 0 Å². The Labute approximate surface area is 105 Å². The van der Waals surface area contributed by atoms with Gasteiger partial charge in [0.05, 0.1) is 0 Å². The molecule has 0 radical (unpaired) electrons. The van der Waals surface area contributed by atoms with Gasteiger partial charge in [-0.15, -0.1) is 0 Å². The van der Waals surface area contributed by atoms with Crippen molar-refractivity contribution in [2.24, 2.45) is 0 Å². The van der Waals surface area contributed by atoms with Crippen molar-refractivity contribution in [3.05, 3.63) is 34.3 Å². The summed E-state index contributed by atoms with van der Waals surface area (Å²) in [5, 5.41) is 11.4. The van der Waals surface area contributed by atoms with Crippen molar-refractivity contribution in [3.63, 3.8) is 0 Å². The van der Waals surface area contributed by atoms with Crippen LogP contribution in [0, 0.1) is 5.21 Å². The third-order valence-electron chi connectivity index (χ3n) is 2.90. The Bertz CT molecular complexity index is 431. The number of likely N-dealkylation sites (N-methyl/N-ethyl adjacent to an activating group) is 1. The van der Waals surface area contributed by atoms with Crippen molar-refractivity contribution in [2.45, 2.75) is 0 Å². The second kappa shape index (κ2) is 4.89. The molecule has 0 atom stereocenters. The van der Waals surface area contributed by atoms with Crippen LogP contribution in [0.15, 0.2) is 18.3 Å². The van der Waals surface area contributed by atoms with Crippen LogP contribution in [-0.4, -0.2) is 48.9 Å². The molecular formula is C11H14ClN3O2. The molecule has 1 aliphatic heterocycles. The second-order valence-electron chi connectivity index (χ2n) is 4.16. The zero-order chi connectivity index (χ0) is 12.4. The van der Waals surface area contributed by atoms with E-state index in [0.29, 0.717) is 23.4 Å². The van der Waals surface area contributed by atoms with E-state index >= 15 is 0 Å². The minimum absolute atomic E-state index is 0.0694. The van der Waals surface area contributed by atoms with Gasteiger partial charge in [0.2, 0.25) is 0 Å². The summed E-state index contributed by atoms with van der Waals surface area (Å²) in [7, 11) is 2.02. The Morgan fingerprint density at radius 3 is 2.59 bits per heavy atom. The summed E-state index contributed by atoms with van der Waals surface area (Å²) in [5.74, 6) is -0.112. The van der Waals surface area contributed by atoms with Crippen LogP contribution in [-0.2, 0) is 0 Å². The Kier molecular flexibility index (Phi) is 3.49. The van der Waals surface area contributed by atoms with Gasteiger partial charge >= 0.3 is 0 Å². The van der Waals surface area contributed by atoms with E-state index in [1.54, 1.807) is 11.0 Å². The summed E-state index contributed by atoms with van der Waals surface area (Å²) in [6.45, 7) is 3.10. The normalized spacial score (nSPS) is 17.2. The van der Waals surface area contributed by atoms with Crippen LogP contribution in [0.3, 0.4) is 0 Å². The lowest BCUT2D eigenvalue weighted by atomic mass is 10.2. The number of aromatic nitrogens is 1. The van der Waals surface area contributed by atoms with Crippen LogP contribution >= 0.6 is 11.6 Å². The molecule has 1 amide bonds. The molecule has 6 heteroatoms. The van der Waals surface area contributed by atoms with Gasteiger partial charge in [0.15, 0.2) is 6.20 Å². The number of rotatable bonds is 1. The Morgan fingerprint density at radius 2 is 2.00 bits per heavy atom. The molecule has 0 bridgehead atoms. The topological polar surface area (TPSA) is 50.5 Å². The molecule has 1 aromatic rings. The van der Waals surface area contributed by atoms with Gasteiger partial charge in [-0.3, -0.25) is 4.79 Å². The highest BCUT2D eigenvalue weighted by Gasteiger charge is 2.22. The lowest BCUT2D eigenvalue weighted by Crippen LogP contribution is -2.47. The summed E-state index contributed by atoms with van der Waals surface area (Å²) in [6.07, 6.45) is 1.23. The number of hydrogen-bond acceptors (Lipinski definition) is 3. The fourth-order valence-corrected chi connectivity index (χ4v) is 1.89. The lowest BCUT2D eigenvalue weighted by Gasteiger charge is -2.32. The molecule has 1 fully saturated rings. The van der Waals surface area contributed by atoms with Crippen molar-refractivity contribution in [3.8, 4) is 0 Å². The highest BCUT2D eigenvalue weighted by molar-refractivity contribution is 6.28. The number of hydrogen-bond donors (Lipinski definition) is 0. The molecule has 0 saturated carbocycles. The highest BCUT2D eigenvalue weighted by Crippen LogP contribution is 2.08. The molecule has 1 aliphatic rings. The first kappa shape index (κ1) is 12.1. The summed E-state index contributed by atoms with van der Waals surface area (Å²) in [5.41, 5.74) is 0.383. The molecule has 5 nitrogen and oxygen atoms in total. The zero-order valence-electron chi connectivity index (χ0n) is 9.60. The number of carbonyl (C=O) groups excluding carboxylic acids is 1. The number of piperazine rings is 1. The van der Waals surface area contributed by atoms with E-state index in [9.17, 15) is 10.0 Å². The van der Waals surface area contributed by atoms with Crippen molar-refractivity contribution >= 4 is 17.5 Å². The van der Waals surface area contributed by atoms with Crippen LogP contribution in [0.4, 0.5) is 0 Å². The Balaban J connectivity index is 2.11. The van der Waals surface area contributed by atoms with E-state index in [-0.39, 0.29) is 11.1 Å². The van der Waals surface area contributed by atoms with Crippen molar-refractivity contribution in [1.29, 1.82) is 0 Å². The molecular weight excluding hydrogens is 242 g/mol. The lowest BCUT2D eigenvalue weighted by molar-refractivity contribution is -0.603. The number of pyridine rings is 1. The molecule has 0 aromatic carbocycles. The first-order valence-electron chi connectivity index (χ1n) is 5.44. The first-order chi connectivity index (χ1) is 8.08. The van der Waals surface area contributed by atoms with E-state index in [1.807, 2.05) is 7.05 Å². The maximum atomic E-state index is 12.1. The van der Waals surface area contributed by atoms with Crippen LogP contribution < -0.4 is 4.73 Å². The van der Waals surface area contributed by atoms with Gasteiger partial charge in [-0.05, 0) is 24.7 Å². The maximum Gasteiger partial charge on any atom is 0.286 e. The molecule has 0 aliphatic carbocycles. The zero-order valence-corrected chi connectivity index (χ0v) is 10.4. The third-order valence-corrected chi connectivity index (χ3v) is 3.20. The smallest absolute Gasteiger partial charge is 0.286 e. The van der Waals surface area contributed by atoms with Crippen LogP contribution in [0.1, 0.15) is 10.4 Å². The Hall–Kier alpha value is -1.33.